The summed E-state index contributed by atoms with van der Waals surface area (Å²) in [4.78, 5) is 0. The molecule has 0 amide bonds. The van der Waals surface area contributed by atoms with Crippen LogP contribution in [0.2, 0.25) is 5.02 Å². The van der Waals surface area contributed by atoms with E-state index in [1.54, 1.807) is 6.07 Å². The van der Waals surface area contributed by atoms with E-state index < -0.39 is 0 Å². The molecule has 1 aromatic carbocycles. The van der Waals surface area contributed by atoms with Crippen LogP contribution in [0.15, 0.2) is 18.2 Å². The van der Waals surface area contributed by atoms with E-state index in [-0.39, 0.29) is 10.8 Å². The summed E-state index contributed by atoms with van der Waals surface area (Å²) < 4.78 is 13.1. The second-order valence-electron chi connectivity index (χ2n) is 3.83. The molecule has 1 nitrogen and oxygen atoms in total. The lowest BCUT2D eigenvalue weighted by Gasteiger charge is -2.12. The van der Waals surface area contributed by atoms with Crippen LogP contribution in [-0.2, 0) is 6.42 Å². The highest BCUT2D eigenvalue weighted by molar-refractivity contribution is 6.31. The van der Waals surface area contributed by atoms with E-state index in [2.05, 4.69) is 19.2 Å². The smallest absolute Gasteiger partial charge is 0.142 e. The molecule has 0 heterocycles. The molecule has 0 aliphatic carbocycles. The lowest BCUT2D eigenvalue weighted by atomic mass is 10.0. The average molecular weight is 230 g/mol. The van der Waals surface area contributed by atoms with Crippen molar-refractivity contribution in [1.29, 1.82) is 0 Å². The van der Waals surface area contributed by atoms with Crippen molar-refractivity contribution in [2.24, 2.45) is 5.92 Å². The van der Waals surface area contributed by atoms with Crippen LogP contribution in [0, 0.1) is 11.7 Å². The third-order valence-corrected chi connectivity index (χ3v) is 2.77. The monoisotopic (exact) mass is 229 g/mol. The topological polar surface area (TPSA) is 12.0 Å². The quantitative estimate of drug-likeness (QED) is 0.817. The Kier molecular flexibility index (Phi) is 5.06. The molecule has 0 spiro atoms. The predicted octanol–water partition coefficient (Wildman–Crippen LogP) is 3.27. The summed E-state index contributed by atoms with van der Waals surface area (Å²) in [7, 11) is 0. The number of rotatable bonds is 5. The van der Waals surface area contributed by atoms with Crippen LogP contribution in [0.5, 0.6) is 0 Å². The maximum absolute atomic E-state index is 13.1. The Hall–Kier alpha value is -0.600. The van der Waals surface area contributed by atoms with Gasteiger partial charge in [0, 0.05) is 0 Å². The van der Waals surface area contributed by atoms with E-state index in [1.807, 2.05) is 6.07 Å². The van der Waals surface area contributed by atoms with Crippen LogP contribution in [0.4, 0.5) is 4.39 Å². The first kappa shape index (κ1) is 12.5. The maximum Gasteiger partial charge on any atom is 0.142 e. The fourth-order valence-corrected chi connectivity index (χ4v) is 1.75. The zero-order valence-electron chi connectivity index (χ0n) is 9.19. The lowest BCUT2D eigenvalue weighted by molar-refractivity contribution is 0.519. The van der Waals surface area contributed by atoms with Crippen LogP contribution >= 0.6 is 11.6 Å². The summed E-state index contributed by atoms with van der Waals surface area (Å²) in [5, 5.41) is 3.53. The molecule has 1 atom stereocenters. The van der Waals surface area contributed by atoms with Gasteiger partial charge in [0.05, 0.1) is 5.02 Å². The van der Waals surface area contributed by atoms with Gasteiger partial charge in [0.25, 0.3) is 0 Å². The Bertz CT molecular complexity index is 314. The fraction of sp³-hybridized carbons (Fsp3) is 0.500. The highest BCUT2D eigenvalue weighted by Gasteiger charge is 2.09. The molecule has 1 rings (SSSR count). The van der Waals surface area contributed by atoms with Gasteiger partial charge in [-0.1, -0.05) is 37.6 Å². The highest BCUT2D eigenvalue weighted by atomic mass is 35.5. The van der Waals surface area contributed by atoms with Gasteiger partial charge in [-0.15, -0.1) is 0 Å². The molecule has 0 aromatic heterocycles. The van der Waals surface area contributed by atoms with Gasteiger partial charge in [-0.2, -0.15) is 0 Å². The summed E-state index contributed by atoms with van der Waals surface area (Å²) in [6.07, 6.45) is 0.809. The first-order valence-electron chi connectivity index (χ1n) is 5.28. The van der Waals surface area contributed by atoms with Crippen LogP contribution in [-0.4, -0.2) is 13.1 Å². The van der Waals surface area contributed by atoms with Crippen molar-refractivity contribution in [2.75, 3.05) is 13.1 Å². The Morgan fingerprint density at radius 1 is 1.47 bits per heavy atom. The van der Waals surface area contributed by atoms with Gasteiger partial charge in [0.15, 0.2) is 0 Å². The van der Waals surface area contributed by atoms with Gasteiger partial charge in [0.2, 0.25) is 0 Å². The van der Waals surface area contributed by atoms with E-state index in [0.29, 0.717) is 5.92 Å². The number of benzene rings is 1. The molecular weight excluding hydrogens is 213 g/mol. The van der Waals surface area contributed by atoms with Crippen LogP contribution in [0.1, 0.15) is 19.4 Å². The van der Waals surface area contributed by atoms with E-state index in [9.17, 15) is 4.39 Å². The first-order chi connectivity index (χ1) is 7.15. The lowest BCUT2D eigenvalue weighted by Crippen LogP contribution is -2.22. The summed E-state index contributed by atoms with van der Waals surface area (Å²) >= 11 is 5.88. The minimum atomic E-state index is -0.329. The van der Waals surface area contributed by atoms with Gasteiger partial charge in [0.1, 0.15) is 5.82 Å². The molecule has 1 aromatic rings. The van der Waals surface area contributed by atoms with Crippen molar-refractivity contribution in [3.8, 4) is 0 Å². The van der Waals surface area contributed by atoms with Gasteiger partial charge < -0.3 is 5.32 Å². The van der Waals surface area contributed by atoms with E-state index in [4.69, 9.17) is 11.6 Å². The average Bonchev–Trinajstić information content (AvgIpc) is 2.22. The zero-order chi connectivity index (χ0) is 11.3. The number of hydrogen-bond acceptors (Lipinski definition) is 1. The van der Waals surface area contributed by atoms with Crippen molar-refractivity contribution >= 4 is 11.6 Å². The van der Waals surface area contributed by atoms with Crippen molar-refractivity contribution in [1.82, 2.24) is 5.32 Å². The van der Waals surface area contributed by atoms with Crippen LogP contribution in [0.3, 0.4) is 0 Å². The molecule has 1 unspecified atom stereocenters. The highest BCUT2D eigenvalue weighted by Crippen LogP contribution is 2.22. The zero-order valence-corrected chi connectivity index (χ0v) is 9.94. The molecule has 0 fully saturated rings. The van der Waals surface area contributed by atoms with Gasteiger partial charge >= 0.3 is 0 Å². The number of nitrogens with one attached hydrogen (secondary N) is 1. The first-order valence-corrected chi connectivity index (χ1v) is 5.66. The van der Waals surface area contributed by atoms with E-state index in [0.717, 1.165) is 25.1 Å². The number of halogens is 2. The van der Waals surface area contributed by atoms with Crippen molar-refractivity contribution in [2.45, 2.75) is 20.3 Å². The Balaban J connectivity index is 2.60. The molecular formula is C12H17ClFN. The SMILES string of the molecule is CCNCC(C)Cc1cccc(F)c1Cl. The maximum atomic E-state index is 13.1. The molecule has 1 N–H and O–H groups in total. The Morgan fingerprint density at radius 2 is 2.20 bits per heavy atom. The molecule has 0 bridgehead atoms. The second kappa shape index (κ2) is 6.09. The molecule has 15 heavy (non-hydrogen) atoms. The summed E-state index contributed by atoms with van der Waals surface area (Å²) in [6.45, 7) is 6.09. The molecule has 0 radical (unpaired) electrons. The Morgan fingerprint density at radius 3 is 2.87 bits per heavy atom. The van der Waals surface area contributed by atoms with E-state index in [1.165, 1.54) is 6.07 Å². The normalized spacial score (nSPS) is 12.8. The summed E-state index contributed by atoms with van der Waals surface area (Å²) in [5.41, 5.74) is 0.891. The summed E-state index contributed by atoms with van der Waals surface area (Å²) in [5.74, 6) is 0.133. The van der Waals surface area contributed by atoms with Crippen molar-refractivity contribution in [3.05, 3.63) is 34.6 Å². The molecule has 0 aliphatic rings. The molecule has 0 saturated carbocycles. The van der Waals surface area contributed by atoms with Gasteiger partial charge in [-0.25, -0.2) is 4.39 Å². The molecule has 0 aliphatic heterocycles. The minimum absolute atomic E-state index is 0.265. The fourth-order valence-electron chi connectivity index (χ4n) is 1.54. The second-order valence-corrected chi connectivity index (χ2v) is 4.21. The standard InChI is InChI=1S/C12H17ClFN/c1-3-15-8-9(2)7-10-5-4-6-11(14)12(10)13/h4-6,9,15H,3,7-8H2,1-2H3. The molecule has 84 valence electrons. The largest absolute Gasteiger partial charge is 0.317 e. The van der Waals surface area contributed by atoms with Crippen molar-refractivity contribution < 1.29 is 4.39 Å². The van der Waals surface area contributed by atoms with Gasteiger partial charge in [-0.05, 0) is 37.1 Å². The molecule has 0 saturated heterocycles. The third kappa shape index (κ3) is 3.80. The van der Waals surface area contributed by atoms with Gasteiger partial charge in [-0.3, -0.25) is 0 Å². The van der Waals surface area contributed by atoms with Crippen LogP contribution in [0.25, 0.3) is 0 Å². The minimum Gasteiger partial charge on any atom is -0.317 e. The number of hydrogen-bond donors (Lipinski definition) is 1. The molecule has 3 heteroatoms. The van der Waals surface area contributed by atoms with E-state index >= 15 is 0 Å². The predicted molar refractivity (Wildman–Crippen MR) is 62.8 cm³/mol. The third-order valence-electron chi connectivity index (χ3n) is 2.34. The Labute approximate surface area is 95.6 Å². The van der Waals surface area contributed by atoms with Crippen molar-refractivity contribution in [3.63, 3.8) is 0 Å². The summed E-state index contributed by atoms with van der Waals surface area (Å²) in [6, 6.07) is 4.98. The van der Waals surface area contributed by atoms with Crippen LogP contribution < -0.4 is 5.32 Å².